The zero-order valence-corrected chi connectivity index (χ0v) is 29.4. The van der Waals surface area contributed by atoms with Gasteiger partial charge < -0.3 is 23.9 Å². The molecule has 2 amide bonds. The van der Waals surface area contributed by atoms with E-state index in [1.165, 1.54) is 32.6 Å². The van der Waals surface area contributed by atoms with E-state index in [0.717, 1.165) is 6.07 Å². The Kier molecular flexibility index (Phi) is 10.6. The molecule has 0 bridgehead atoms. The van der Waals surface area contributed by atoms with E-state index in [9.17, 15) is 19.1 Å². The summed E-state index contributed by atoms with van der Waals surface area (Å²) < 4.78 is 33.9. The molecule has 1 N–H and O–H groups in total. The molecule has 0 fully saturated rings. The fourth-order valence-electron chi connectivity index (χ4n) is 4.00. The Labute approximate surface area is 266 Å². The molecule has 0 aliphatic carbocycles. The number of carbonyl (C=O) groups excluding carboxylic acids is 2. The van der Waals surface area contributed by atoms with Crippen molar-refractivity contribution in [1.29, 1.82) is 0 Å². The average molecular weight is 646 g/mol. The van der Waals surface area contributed by atoms with Gasteiger partial charge in [0.2, 0.25) is 0 Å². The van der Waals surface area contributed by atoms with Crippen molar-refractivity contribution in [3.8, 4) is 16.9 Å². The first-order valence-electron chi connectivity index (χ1n) is 15.0. The molecule has 2 aromatic heterocycles. The second kappa shape index (κ2) is 13.3. The lowest BCUT2D eigenvalue weighted by molar-refractivity contribution is 0.0221. The normalized spacial score (nSPS) is 12.7. The van der Waals surface area contributed by atoms with Crippen molar-refractivity contribution >= 4 is 32.0 Å². The number of phenols is 1. The van der Waals surface area contributed by atoms with Gasteiger partial charge in [0.15, 0.2) is 14.0 Å². The first-order chi connectivity index (χ1) is 20.6. The summed E-state index contributed by atoms with van der Waals surface area (Å²) in [4.78, 5) is 34.4. The zero-order chi connectivity index (χ0) is 34.0. The Morgan fingerprint density at radius 2 is 1.53 bits per heavy atom. The Hall–Kier alpha value is -3.71. The second-order valence-electron chi connectivity index (χ2n) is 14.5. The molecule has 45 heavy (non-hydrogen) atoms. The monoisotopic (exact) mass is 645 g/mol. The number of amides is 2. The van der Waals surface area contributed by atoms with Crippen LogP contribution in [-0.4, -0.2) is 82.6 Å². The minimum atomic E-state index is -2.08. The number of rotatable bonds is 9. The van der Waals surface area contributed by atoms with Crippen LogP contribution in [0.15, 0.2) is 36.7 Å². The highest BCUT2D eigenvalue weighted by Gasteiger charge is 2.37. The summed E-state index contributed by atoms with van der Waals surface area (Å²) in [5.74, 6) is -0.468. The number of hydrogen-bond donors (Lipinski definition) is 1. The SMILES string of the molecule is CC(C)(C)OC(=O)N(CCO[Si](C)(C)C(C)(C)C)CCN(C(=O)OC(C)(C)C)c1ccn2ncc(-c3cc(O)ccc3F)c2n1. The molecule has 3 rings (SSSR count). The summed E-state index contributed by atoms with van der Waals surface area (Å²) in [7, 11) is -2.08. The van der Waals surface area contributed by atoms with Crippen LogP contribution in [0.2, 0.25) is 18.1 Å². The van der Waals surface area contributed by atoms with E-state index >= 15 is 0 Å². The molecular weight excluding hydrogens is 597 g/mol. The quantitative estimate of drug-likeness (QED) is 0.242. The lowest BCUT2D eigenvalue weighted by Gasteiger charge is -2.37. The molecule has 0 atom stereocenters. The van der Waals surface area contributed by atoms with Crippen molar-refractivity contribution in [2.24, 2.45) is 0 Å². The van der Waals surface area contributed by atoms with Gasteiger partial charge in [0, 0.05) is 37.0 Å². The van der Waals surface area contributed by atoms with Crippen LogP contribution >= 0.6 is 0 Å². The van der Waals surface area contributed by atoms with E-state index in [4.69, 9.17) is 13.9 Å². The van der Waals surface area contributed by atoms with Gasteiger partial charge in [0.05, 0.1) is 12.8 Å². The Bertz CT molecular complexity index is 1510. The molecule has 1 aromatic carbocycles. The van der Waals surface area contributed by atoms with Crippen LogP contribution in [0.3, 0.4) is 0 Å². The fraction of sp³-hybridized carbons (Fsp3) is 0.562. The summed E-state index contributed by atoms with van der Waals surface area (Å²) in [6.45, 7) is 22.0. The van der Waals surface area contributed by atoms with Crippen LogP contribution in [-0.2, 0) is 13.9 Å². The van der Waals surface area contributed by atoms with E-state index in [-0.39, 0.29) is 47.5 Å². The predicted molar refractivity (Wildman–Crippen MR) is 175 cm³/mol. The van der Waals surface area contributed by atoms with Gasteiger partial charge in [0.1, 0.15) is 28.6 Å². The van der Waals surface area contributed by atoms with Gasteiger partial charge in [-0.25, -0.2) is 23.5 Å². The summed E-state index contributed by atoms with van der Waals surface area (Å²) in [5, 5.41) is 14.2. The molecule has 3 aromatic rings. The maximum Gasteiger partial charge on any atom is 0.416 e. The van der Waals surface area contributed by atoms with Gasteiger partial charge in [-0.2, -0.15) is 5.10 Å². The largest absolute Gasteiger partial charge is 0.508 e. The number of carbonyl (C=O) groups is 2. The first-order valence-corrected chi connectivity index (χ1v) is 17.9. The Morgan fingerprint density at radius 3 is 2.13 bits per heavy atom. The van der Waals surface area contributed by atoms with Crippen molar-refractivity contribution in [3.63, 3.8) is 0 Å². The number of hydrogen-bond acceptors (Lipinski definition) is 8. The molecule has 0 radical (unpaired) electrons. The molecule has 0 saturated heterocycles. The molecule has 0 aliphatic heterocycles. The lowest BCUT2D eigenvalue weighted by Crippen LogP contribution is -2.47. The Balaban J connectivity index is 1.97. The van der Waals surface area contributed by atoms with Crippen molar-refractivity contribution < 1.29 is 33.0 Å². The summed E-state index contributed by atoms with van der Waals surface area (Å²) in [5.41, 5.74) is -0.846. The first kappa shape index (κ1) is 35.8. The molecule has 11 nitrogen and oxygen atoms in total. The maximum atomic E-state index is 14.8. The number of aromatic hydroxyl groups is 1. The third-order valence-corrected chi connectivity index (χ3v) is 11.9. The van der Waals surface area contributed by atoms with Gasteiger partial charge in [-0.15, -0.1) is 0 Å². The van der Waals surface area contributed by atoms with Crippen LogP contribution in [0.25, 0.3) is 16.8 Å². The number of phenolic OH excluding ortho intramolecular Hbond substituents is 1. The van der Waals surface area contributed by atoms with E-state index in [1.807, 2.05) is 0 Å². The number of ether oxygens (including phenoxy) is 2. The molecule has 248 valence electrons. The van der Waals surface area contributed by atoms with E-state index < -0.39 is 37.5 Å². The number of fused-ring (bicyclic) bond motifs is 1. The molecule has 0 saturated carbocycles. The molecular formula is C32H48FN5O6Si. The molecule has 0 unspecified atom stereocenters. The van der Waals surface area contributed by atoms with Crippen molar-refractivity contribution in [1.82, 2.24) is 19.5 Å². The molecule has 13 heteroatoms. The number of aromatic nitrogens is 3. The van der Waals surface area contributed by atoms with Crippen molar-refractivity contribution in [3.05, 3.63) is 42.5 Å². The van der Waals surface area contributed by atoms with E-state index in [2.05, 4.69) is 43.9 Å². The van der Waals surface area contributed by atoms with Crippen LogP contribution in [0.5, 0.6) is 5.75 Å². The van der Waals surface area contributed by atoms with Crippen molar-refractivity contribution in [2.45, 2.75) is 91.6 Å². The zero-order valence-electron chi connectivity index (χ0n) is 28.4. The minimum absolute atomic E-state index is 0.00446. The Morgan fingerprint density at radius 1 is 0.911 bits per heavy atom. The van der Waals surface area contributed by atoms with Crippen LogP contribution in [0.1, 0.15) is 62.3 Å². The molecule has 2 heterocycles. The topological polar surface area (TPSA) is 119 Å². The second-order valence-corrected chi connectivity index (χ2v) is 19.3. The smallest absolute Gasteiger partial charge is 0.416 e. The van der Waals surface area contributed by atoms with E-state index in [1.54, 1.807) is 53.8 Å². The number of halogens is 1. The average Bonchev–Trinajstić information content (AvgIpc) is 3.29. The highest BCUT2D eigenvalue weighted by molar-refractivity contribution is 6.74. The predicted octanol–water partition coefficient (Wildman–Crippen LogP) is 7.24. The highest BCUT2D eigenvalue weighted by Crippen LogP contribution is 2.36. The molecule has 0 aliphatic rings. The number of benzene rings is 1. The summed E-state index contributed by atoms with van der Waals surface area (Å²) >= 11 is 0. The van der Waals surface area contributed by atoms with Gasteiger partial charge >= 0.3 is 12.2 Å². The third kappa shape index (κ3) is 9.64. The minimum Gasteiger partial charge on any atom is -0.508 e. The van der Waals surface area contributed by atoms with Crippen LogP contribution in [0.4, 0.5) is 19.8 Å². The van der Waals surface area contributed by atoms with Gasteiger partial charge in [-0.05, 0) is 83.9 Å². The van der Waals surface area contributed by atoms with E-state index in [0.29, 0.717) is 12.2 Å². The number of anilines is 1. The lowest BCUT2D eigenvalue weighted by atomic mass is 10.1. The maximum absolute atomic E-state index is 14.8. The van der Waals surface area contributed by atoms with Crippen molar-refractivity contribution in [2.75, 3.05) is 31.1 Å². The third-order valence-electron chi connectivity index (χ3n) is 7.36. The number of nitrogens with zero attached hydrogens (tertiary/aromatic N) is 5. The highest BCUT2D eigenvalue weighted by atomic mass is 28.4. The van der Waals surface area contributed by atoms with Gasteiger partial charge in [0.25, 0.3) is 0 Å². The standard InChI is InChI=1S/C32H48FN5O6Si/c1-30(2,3)43-28(40)36(18-19-42-45(10,11)32(7,8)9)16-17-37(29(41)44-31(4,5)6)26-14-15-38-27(35-26)24(21-34-38)23-20-22(39)12-13-25(23)33/h12-15,20-21,39H,16-19H2,1-11H3. The fourth-order valence-corrected chi connectivity index (χ4v) is 5.04. The van der Waals surface area contributed by atoms with Gasteiger partial charge in [-0.1, -0.05) is 20.8 Å². The van der Waals surface area contributed by atoms with Crippen LogP contribution < -0.4 is 4.90 Å². The molecule has 0 spiro atoms. The summed E-state index contributed by atoms with van der Waals surface area (Å²) in [6, 6.07) is 5.29. The van der Waals surface area contributed by atoms with Crippen LogP contribution in [0, 0.1) is 5.82 Å². The van der Waals surface area contributed by atoms with Gasteiger partial charge in [-0.3, -0.25) is 4.90 Å². The summed E-state index contributed by atoms with van der Waals surface area (Å²) in [6.07, 6.45) is 1.82.